The highest BCUT2D eigenvalue weighted by molar-refractivity contribution is 7.71. The zero-order valence-electron chi connectivity index (χ0n) is 11.3. The Labute approximate surface area is 125 Å². The summed E-state index contributed by atoms with van der Waals surface area (Å²) in [5.74, 6) is 0.835. The molecule has 7 heteroatoms. The lowest BCUT2D eigenvalue weighted by Crippen LogP contribution is -2.23. The maximum atomic E-state index is 11.9. The molecule has 3 rings (SSSR count). The van der Waals surface area contributed by atoms with Gasteiger partial charge in [0.05, 0.1) is 5.56 Å². The van der Waals surface area contributed by atoms with Gasteiger partial charge in [0.15, 0.2) is 4.77 Å². The monoisotopic (exact) mass is 303 g/mol. The Kier molecular flexibility index (Phi) is 3.34. The second-order valence-corrected chi connectivity index (χ2v) is 5.08. The van der Waals surface area contributed by atoms with Gasteiger partial charge in [-0.15, -0.1) is 0 Å². The SMILES string of the molecule is CCNC(=O)c1ccc2c(c1)Cc1c([nH]c(=S)[nH]c1=O)O2. The Hall–Kier alpha value is -2.41. The van der Waals surface area contributed by atoms with E-state index in [2.05, 4.69) is 15.3 Å². The average Bonchev–Trinajstić information content (AvgIpc) is 2.45. The van der Waals surface area contributed by atoms with Crippen molar-refractivity contribution in [3.8, 4) is 11.6 Å². The largest absolute Gasteiger partial charge is 0.440 e. The molecule has 3 N–H and O–H groups in total. The summed E-state index contributed by atoms with van der Waals surface area (Å²) < 4.78 is 5.88. The molecule has 108 valence electrons. The van der Waals surface area contributed by atoms with Crippen molar-refractivity contribution in [2.24, 2.45) is 0 Å². The predicted octanol–water partition coefficient (Wildman–Crippen LogP) is 1.88. The Morgan fingerprint density at radius 3 is 3.00 bits per heavy atom. The van der Waals surface area contributed by atoms with E-state index in [1.807, 2.05) is 6.92 Å². The molecule has 21 heavy (non-hydrogen) atoms. The van der Waals surface area contributed by atoms with E-state index in [1.165, 1.54) is 0 Å². The van der Waals surface area contributed by atoms with Crippen molar-refractivity contribution in [2.45, 2.75) is 13.3 Å². The lowest BCUT2D eigenvalue weighted by molar-refractivity contribution is 0.0955. The van der Waals surface area contributed by atoms with Crippen LogP contribution < -0.4 is 15.6 Å². The van der Waals surface area contributed by atoms with Gasteiger partial charge in [-0.1, -0.05) is 0 Å². The minimum Gasteiger partial charge on any atom is -0.440 e. The van der Waals surface area contributed by atoms with Gasteiger partial charge in [-0.05, 0) is 37.3 Å². The molecule has 2 heterocycles. The molecule has 6 nitrogen and oxygen atoms in total. The molecule has 1 aliphatic rings. The maximum absolute atomic E-state index is 11.9. The topological polar surface area (TPSA) is 87.0 Å². The second-order valence-electron chi connectivity index (χ2n) is 4.68. The third-order valence-electron chi connectivity index (χ3n) is 3.24. The number of nitrogens with one attached hydrogen (secondary N) is 3. The maximum Gasteiger partial charge on any atom is 0.259 e. The van der Waals surface area contributed by atoms with Gasteiger partial charge >= 0.3 is 0 Å². The summed E-state index contributed by atoms with van der Waals surface area (Å²) >= 11 is 4.92. The van der Waals surface area contributed by atoms with Crippen molar-refractivity contribution in [1.82, 2.24) is 15.3 Å². The number of hydrogen-bond acceptors (Lipinski definition) is 4. The number of amides is 1. The van der Waals surface area contributed by atoms with E-state index in [0.717, 1.165) is 5.56 Å². The average molecular weight is 303 g/mol. The van der Waals surface area contributed by atoms with Crippen molar-refractivity contribution in [1.29, 1.82) is 0 Å². The molecule has 1 aromatic carbocycles. The normalized spacial score (nSPS) is 12.0. The van der Waals surface area contributed by atoms with Crippen molar-refractivity contribution < 1.29 is 9.53 Å². The van der Waals surface area contributed by atoms with E-state index < -0.39 is 0 Å². The summed E-state index contributed by atoms with van der Waals surface area (Å²) in [4.78, 5) is 29.1. The number of fused-ring (bicyclic) bond motifs is 2. The quantitative estimate of drug-likeness (QED) is 0.631. The third-order valence-corrected chi connectivity index (χ3v) is 3.45. The highest BCUT2D eigenvalue weighted by Gasteiger charge is 2.21. The molecule has 0 fully saturated rings. The number of hydrogen-bond donors (Lipinski definition) is 3. The first-order valence-corrected chi connectivity index (χ1v) is 6.93. The van der Waals surface area contributed by atoms with Crippen LogP contribution in [0, 0.1) is 4.77 Å². The van der Waals surface area contributed by atoms with Gasteiger partial charge in [-0.25, -0.2) is 0 Å². The lowest BCUT2D eigenvalue weighted by atomic mass is 10.0. The van der Waals surface area contributed by atoms with E-state index in [4.69, 9.17) is 17.0 Å². The summed E-state index contributed by atoms with van der Waals surface area (Å²) in [6.07, 6.45) is 0.388. The standard InChI is InChI=1S/C14H13N3O3S/c1-2-15-11(18)7-3-4-10-8(5-7)6-9-12(19)16-14(21)17-13(9)20-10/h3-5H,2,6H2,1H3,(H,15,18)(H2,16,17,19,21). The van der Waals surface area contributed by atoms with Crippen LogP contribution in [0.3, 0.4) is 0 Å². The smallest absolute Gasteiger partial charge is 0.259 e. The molecular weight excluding hydrogens is 290 g/mol. The van der Waals surface area contributed by atoms with Crippen LogP contribution in [0.5, 0.6) is 11.6 Å². The van der Waals surface area contributed by atoms with Crippen molar-refractivity contribution in [3.05, 3.63) is 50.0 Å². The van der Waals surface area contributed by atoms with Gasteiger partial charge in [0.25, 0.3) is 11.5 Å². The van der Waals surface area contributed by atoms with Gasteiger partial charge in [-0.2, -0.15) is 0 Å². The predicted molar refractivity (Wildman–Crippen MR) is 79.6 cm³/mol. The Morgan fingerprint density at radius 2 is 2.24 bits per heavy atom. The van der Waals surface area contributed by atoms with Gasteiger partial charge in [-0.3, -0.25) is 14.6 Å². The molecule has 1 amide bonds. The summed E-state index contributed by atoms with van der Waals surface area (Å²) in [6, 6.07) is 5.15. The summed E-state index contributed by atoms with van der Waals surface area (Å²) in [5, 5.41) is 2.74. The zero-order chi connectivity index (χ0) is 15.0. The van der Waals surface area contributed by atoms with Crippen LogP contribution in [0.2, 0.25) is 0 Å². The first kappa shape index (κ1) is 13.6. The fraction of sp³-hybridized carbons (Fsp3) is 0.214. The van der Waals surface area contributed by atoms with E-state index in [-0.39, 0.29) is 16.2 Å². The minimum absolute atomic E-state index is 0.146. The molecule has 0 atom stereocenters. The first-order chi connectivity index (χ1) is 10.1. The molecule has 0 radical (unpaired) electrons. The number of aromatic amines is 2. The van der Waals surface area contributed by atoms with Crippen LogP contribution in [0.25, 0.3) is 0 Å². The first-order valence-electron chi connectivity index (χ1n) is 6.53. The molecule has 1 aromatic heterocycles. The molecule has 0 aliphatic carbocycles. The molecule has 0 saturated heterocycles. The van der Waals surface area contributed by atoms with E-state index >= 15 is 0 Å². The lowest BCUT2D eigenvalue weighted by Gasteiger charge is -2.19. The fourth-order valence-electron chi connectivity index (χ4n) is 2.26. The van der Waals surface area contributed by atoms with Crippen molar-refractivity contribution in [2.75, 3.05) is 6.54 Å². The number of benzene rings is 1. The highest BCUT2D eigenvalue weighted by atomic mass is 32.1. The molecule has 0 unspecified atom stereocenters. The zero-order valence-corrected chi connectivity index (χ0v) is 12.1. The molecular formula is C14H13N3O3S. The van der Waals surface area contributed by atoms with Crippen LogP contribution in [0.15, 0.2) is 23.0 Å². The van der Waals surface area contributed by atoms with Crippen molar-refractivity contribution >= 4 is 18.1 Å². The minimum atomic E-state index is -0.275. The summed E-state index contributed by atoms with van der Waals surface area (Å²) in [5.41, 5.74) is 1.54. The Bertz CT molecular complexity index is 838. The number of rotatable bonds is 2. The van der Waals surface area contributed by atoms with Crippen LogP contribution in [-0.2, 0) is 6.42 Å². The molecule has 1 aliphatic heterocycles. The highest BCUT2D eigenvalue weighted by Crippen LogP contribution is 2.33. The molecule has 0 bridgehead atoms. The van der Waals surface area contributed by atoms with Gasteiger partial charge < -0.3 is 15.0 Å². The van der Waals surface area contributed by atoms with E-state index in [9.17, 15) is 9.59 Å². The van der Waals surface area contributed by atoms with Crippen LogP contribution in [0.1, 0.15) is 28.4 Å². The summed E-state index contributed by atoms with van der Waals surface area (Å²) in [7, 11) is 0. The number of carbonyl (C=O) groups is 1. The van der Waals surface area contributed by atoms with Crippen LogP contribution in [-0.4, -0.2) is 22.4 Å². The van der Waals surface area contributed by atoms with Gasteiger partial charge in [0.1, 0.15) is 5.75 Å². The molecule has 0 spiro atoms. The summed E-state index contributed by atoms with van der Waals surface area (Å²) in [6.45, 7) is 2.42. The van der Waals surface area contributed by atoms with Crippen molar-refractivity contribution in [3.63, 3.8) is 0 Å². The molecule has 2 aromatic rings. The second kappa shape index (κ2) is 5.17. The van der Waals surface area contributed by atoms with Gasteiger partial charge in [0, 0.05) is 24.1 Å². The van der Waals surface area contributed by atoms with E-state index in [0.29, 0.717) is 35.7 Å². The number of aromatic nitrogens is 2. The van der Waals surface area contributed by atoms with Gasteiger partial charge in [0.2, 0.25) is 5.88 Å². The van der Waals surface area contributed by atoms with E-state index in [1.54, 1.807) is 18.2 Å². The number of ether oxygens (including phenoxy) is 1. The third kappa shape index (κ3) is 2.47. The fourth-order valence-corrected chi connectivity index (χ4v) is 2.45. The Balaban J connectivity index is 2.02. The van der Waals surface area contributed by atoms with Crippen LogP contribution in [0.4, 0.5) is 0 Å². The number of carbonyl (C=O) groups excluding carboxylic acids is 1. The number of H-pyrrole nitrogens is 2. The van der Waals surface area contributed by atoms with Crippen LogP contribution >= 0.6 is 12.2 Å². The Morgan fingerprint density at radius 1 is 1.43 bits per heavy atom. The molecule has 0 saturated carbocycles.